The van der Waals surface area contributed by atoms with E-state index in [1.54, 1.807) is 37.3 Å². The summed E-state index contributed by atoms with van der Waals surface area (Å²) in [5.41, 5.74) is 2.19. The van der Waals surface area contributed by atoms with Crippen molar-refractivity contribution in [3.63, 3.8) is 0 Å². The molecule has 0 radical (unpaired) electrons. The van der Waals surface area contributed by atoms with Gasteiger partial charge in [0.15, 0.2) is 5.54 Å². The van der Waals surface area contributed by atoms with E-state index >= 15 is 0 Å². The number of ether oxygens (including phenoxy) is 1. The zero-order chi connectivity index (χ0) is 26.0. The van der Waals surface area contributed by atoms with Crippen molar-refractivity contribution < 1.29 is 32.3 Å². The molecule has 1 heterocycles. The van der Waals surface area contributed by atoms with Crippen LogP contribution in [-0.2, 0) is 26.0 Å². The van der Waals surface area contributed by atoms with Gasteiger partial charge in [0.1, 0.15) is 6.29 Å². The molecule has 3 unspecified atom stereocenters. The fraction of sp³-hybridized carbons (Fsp3) is 0.333. The maximum Gasteiger partial charge on any atom is 0.417 e. The molecule has 0 spiro atoms. The van der Waals surface area contributed by atoms with E-state index in [0.717, 1.165) is 17.0 Å². The predicted molar refractivity (Wildman–Crippen MR) is 119 cm³/mol. The molecule has 0 saturated carbocycles. The van der Waals surface area contributed by atoms with E-state index in [4.69, 9.17) is 15.7 Å². The number of hydrogen-bond donors (Lipinski definition) is 1. The van der Waals surface area contributed by atoms with E-state index in [9.17, 15) is 27.6 Å². The molecule has 0 aliphatic carbocycles. The van der Waals surface area contributed by atoms with E-state index in [0.29, 0.717) is 22.8 Å². The van der Waals surface area contributed by atoms with Crippen LogP contribution in [0, 0.1) is 17.2 Å². The second-order valence-corrected chi connectivity index (χ2v) is 8.25. The van der Waals surface area contributed by atoms with Gasteiger partial charge in [-0.3, -0.25) is 4.79 Å². The average molecular weight is 488 g/mol. The third kappa shape index (κ3) is 4.62. The van der Waals surface area contributed by atoms with E-state index in [-0.39, 0.29) is 24.8 Å². The van der Waals surface area contributed by atoms with Crippen molar-refractivity contribution >= 4 is 23.9 Å². The lowest BCUT2D eigenvalue weighted by molar-refractivity contribution is -0.138. The lowest BCUT2D eigenvalue weighted by Gasteiger charge is -2.33. The summed E-state index contributed by atoms with van der Waals surface area (Å²) in [5.74, 6) is -1.21. The molecular weight excluding hydrogens is 465 g/mol. The van der Waals surface area contributed by atoms with Gasteiger partial charge in [0.05, 0.1) is 42.1 Å². The van der Waals surface area contributed by atoms with Gasteiger partial charge in [-0.05, 0) is 23.8 Å². The van der Waals surface area contributed by atoms with Crippen LogP contribution in [0.2, 0.25) is 0 Å². The lowest BCUT2D eigenvalue weighted by Crippen LogP contribution is -2.49. The molecule has 0 aromatic heterocycles. The van der Waals surface area contributed by atoms with Gasteiger partial charge in [-0.1, -0.05) is 37.3 Å². The maximum absolute atomic E-state index is 13.8. The van der Waals surface area contributed by atoms with Crippen LogP contribution >= 0.6 is 0 Å². The second kappa shape index (κ2) is 9.85. The molecule has 1 saturated heterocycles. The van der Waals surface area contributed by atoms with Crippen LogP contribution in [-0.4, -0.2) is 49.4 Å². The predicted octanol–water partition coefficient (Wildman–Crippen LogP) is 3.05. The number of nitrogens with zero attached hydrogens (tertiary/aromatic N) is 3. The Morgan fingerprint density at radius 2 is 1.86 bits per heavy atom. The highest BCUT2D eigenvalue weighted by molar-refractivity contribution is 6.23. The first-order chi connectivity index (χ1) is 16.5. The number of alkyl halides is 3. The van der Waals surface area contributed by atoms with Crippen LogP contribution < -0.4 is 10.6 Å². The number of nitrogens with two attached hydrogens (primary N) is 1. The molecule has 2 N–H and O–H groups in total. The summed E-state index contributed by atoms with van der Waals surface area (Å²) in [6, 6.07) is 10.7. The van der Waals surface area contributed by atoms with E-state index in [1.165, 1.54) is 13.1 Å². The quantitative estimate of drug-likeness (QED) is 0.451. The number of urea groups is 1. The Labute approximate surface area is 199 Å². The molecule has 0 bridgehead atoms. The standard InChI is InChI=1S/C24H23F3N4O4/c1-15(20(29)12-32)13-35-14-23(17-6-4-3-5-7-17)21(33)31(22(34)30(23)2)18-9-8-16(11-28)19(10-18)24(25,26)27/h3-10,12,15,20H,13-14,29H2,1-2H3. The molecule has 1 aliphatic rings. The third-order valence-corrected chi connectivity index (χ3v) is 6.05. The number of carbonyl (C=O) groups excluding carboxylic acids is 3. The van der Waals surface area contributed by atoms with Crippen molar-refractivity contribution in [3.8, 4) is 6.07 Å². The highest BCUT2D eigenvalue weighted by atomic mass is 19.4. The molecule has 2 aromatic carbocycles. The molecule has 35 heavy (non-hydrogen) atoms. The molecule has 1 fully saturated rings. The fourth-order valence-corrected chi connectivity index (χ4v) is 3.87. The average Bonchev–Trinajstić information content (AvgIpc) is 3.03. The van der Waals surface area contributed by atoms with Crippen LogP contribution in [0.4, 0.5) is 23.7 Å². The second-order valence-electron chi connectivity index (χ2n) is 8.25. The first kappa shape index (κ1) is 25.9. The Hall–Kier alpha value is -3.75. The maximum atomic E-state index is 13.8. The summed E-state index contributed by atoms with van der Waals surface area (Å²) in [7, 11) is 1.35. The summed E-state index contributed by atoms with van der Waals surface area (Å²) < 4.78 is 46.3. The van der Waals surface area contributed by atoms with Crippen molar-refractivity contribution in [1.82, 2.24) is 4.90 Å². The third-order valence-electron chi connectivity index (χ3n) is 6.05. The number of amides is 3. The molecule has 11 heteroatoms. The van der Waals surface area contributed by atoms with E-state index in [2.05, 4.69) is 0 Å². The van der Waals surface area contributed by atoms with E-state index < -0.39 is 40.8 Å². The van der Waals surface area contributed by atoms with Crippen LogP contribution in [0.1, 0.15) is 23.6 Å². The van der Waals surface area contributed by atoms with Gasteiger partial charge in [0.25, 0.3) is 5.91 Å². The van der Waals surface area contributed by atoms with Gasteiger partial charge in [0.2, 0.25) is 0 Å². The van der Waals surface area contributed by atoms with Crippen molar-refractivity contribution in [3.05, 3.63) is 65.2 Å². The highest BCUT2D eigenvalue weighted by Gasteiger charge is 2.58. The Kier molecular flexibility index (Phi) is 7.28. The molecule has 3 rings (SSSR count). The number of halogens is 3. The Balaban J connectivity index is 2.06. The van der Waals surface area contributed by atoms with Gasteiger partial charge in [-0.25, -0.2) is 9.69 Å². The van der Waals surface area contributed by atoms with Gasteiger partial charge < -0.3 is 20.2 Å². The van der Waals surface area contributed by atoms with Crippen LogP contribution in [0.5, 0.6) is 0 Å². The molecule has 184 valence electrons. The Morgan fingerprint density at radius 1 is 1.20 bits per heavy atom. The minimum Gasteiger partial charge on any atom is -0.378 e. The van der Waals surface area contributed by atoms with Crippen molar-refractivity contribution in [1.29, 1.82) is 5.26 Å². The van der Waals surface area contributed by atoms with Gasteiger partial charge in [-0.15, -0.1) is 0 Å². The summed E-state index contributed by atoms with van der Waals surface area (Å²) in [5, 5.41) is 9.06. The largest absolute Gasteiger partial charge is 0.417 e. The van der Waals surface area contributed by atoms with Gasteiger partial charge in [-0.2, -0.15) is 18.4 Å². The fourth-order valence-electron chi connectivity index (χ4n) is 3.87. The Morgan fingerprint density at radius 3 is 2.43 bits per heavy atom. The number of imide groups is 1. The minimum atomic E-state index is -4.87. The summed E-state index contributed by atoms with van der Waals surface area (Å²) in [6.45, 7) is 1.35. The first-order valence-corrected chi connectivity index (χ1v) is 10.6. The number of likely N-dealkylation sites (N-methyl/N-ethyl adjacent to an activating group) is 1. The molecule has 2 aromatic rings. The number of rotatable bonds is 8. The summed E-state index contributed by atoms with van der Waals surface area (Å²) in [4.78, 5) is 39.7. The Bertz CT molecular complexity index is 1170. The molecular formula is C24H23F3N4O4. The smallest absolute Gasteiger partial charge is 0.378 e. The summed E-state index contributed by atoms with van der Waals surface area (Å²) >= 11 is 0. The van der Waals surface area contributed by atoms with Crippen LogP contribution in [0.15, 0.2) is 48.5 Å². The number of aldehydes is 1. The first-order valence-electron chi connectivity index (χ1n) is 10.6. The van der Waals surface area contributed by atoms with Crippen molar-refractivity contribution in [2.45, 2.75) is 24.7 Å². The number of carbonyl (C=O) groups is 3. The summed E-state index contributed by atoms with van der Waals surface area (Å²) in [6.07, 6.45) is -4.30. The normalized spacial score (nSPS) is 20.0. The number of nitriles is 1. The van der Waals surface area contributed by atoms with Gasteiger partial charge in [0, 0.05) is 13.0 Å². The molecule has 8 nitrogen and oxygen atoms in total. The number of anilines is 1. The molecule has 3 amide bonds. The monoisotopic (exact) mass is 488 g/mol. The topological polar surface area (TPSA) is 117 Å². The SMILES string of the molecule is CC(COCC1(c2ccccc2)C(=O)N(c2ccc(C#N)c(C(F)(F)F)c2)C(=O)N1C)C(N)C=O. The van der Waals surface area contributed by atoms with Gasteiger partial charge >= 0.3 is 12.2 Å². The zero-order valence-corrected chi connectivity index (χ0v) is 19.0. The van der Waals surface area contributed by atoms with Crippen LogP contribution in [0.25, 0.3) is 0 Å². The molecule has 3 atom stereocenters. The van der Waals surface area contributed by atoms with Crippen molar-refractivity contribution in [2.24, 2.45) is 11.7 Å². The minimum absolute atomic E-state index is 0.00110. The zero-order valence-electron chi connectivity index (χ0n) is 19.0. The van der Waals surface area contributed by atoms with Crippen molar-refractivity contribution in [2.75, 3.05) is 25.2 Å². The van der Waals surface area contributed by atoms with Crippen LogP contribution in [0.3, 0.4) is 0 Å². The molecule has 1 aliphatic heterocycles. The van der Waals surface area contributed by atoms with E-state index in [1.807, 2.05) is 0 Å². The number of benzene rings is 2. The number of hydrogen-bond acceptors (Lipinski definition) is 6. The highest BCUT2D eigenvalue weighted by Crippen LogP contribution is 2.41. The lowest BCUT2D eigenvalue weighted by atomic mass is 9.89.